The average Bonchev–Trinajstić information content (AvgIpc) is 2.68. The molecule has 5 heteroatoms. The molecule has 2 rings (SSSR count). The Kier molecular flexibility index (Phi) is 3.36. The summed E-state index contributed by atoms with van der Waals surface area (Å²) in [7, 11) is 0. The van der Waals surface area contributed by atoms with E-state index in [9.17, 15) is 4.79 Å². The molecular formula is C12H13ClN2O2. The normalized spacial score (nSPS) is 12.6. The summed E-state index contributed by atoms with van der Waals surface area (Å²) in [5, 5.41) is 13.3. The third kappa shape index (κ3) is 2.78. The minimum absolute atomic E-state index is 0.231. The number of H-pyrrole nitrogens is 1. The Bertz CT molecular complexity index is 548. The van der Waals surface area contributed by atoms with Gasteiger partial charge in [0.25, 0.3) is 5.91 Å². The predicted octanol–water partition coefficient (Wildman–Crippen LogP) is 1.93. The van der Waals surface area contributed by atoms with Crippen LogP contribution in [0.5, 0.6) is 0 Å². The monoisotopic (exact) mass is 252 g/mol. The smallest absolute Gasteiger partial charge is 0.267 e. The highest BCUT2D eigenvalue weighted by Gasteiger charge is 2.09. The molecule has 1 aromatic heterocycles. The first-order valence-electron chi connectivity index (χ1n) is 5.31. The lowest BCUT2D eigenvalue weighted by Gasteiger charge is -2.05. The van der Waals surface area contributed by atoms with Gasteiger partial charge in [-0.3, -0.25) is 4.79 Å². The maximum atomic E-state index is 11.7. The van der Waals surface area contributed by atoms with Crippen LogP contribution in [-0.4, -0.2) is 28.6 Å². The Labute approximate surface area is 104 Å². The fourth-order valence-corrected chi connectivity index (χ4v) is 1.73. The summed E-state index contributed by atoms with van der Waals surface area (Å²) in [5.74, 6) is -0.238. The number of rotatable bonds is 3. The lowest BCUT2D eigenvalue weighted by molar-refractivity contribution is 0.0920. The van der Waals surface area contributed by atoms with E-state index in [2.05, 4.69) is 10.3 Å². The first-order chi connectivity index (χ1) is 8.06. The minimum atomic E-state index is -0.558. The van der Waals surface area contributed by atoms with Crippen LogP contribution in [-0.2, 0) is 0 Å². The van der Waals surface area contributed by atoms with Gasteiger partial charge >= 0.3 is 0 Å². The van der Waals surface area contributed by atoms with Gasteiger partial charge in [-0.1, -0.05) is 17.7 Å². The van der Waals surface area contributed by atoms with Crippen molar-refractivity contribution in [3.05, 3.63) is 35.0 Å². The van der Waals surface area contributed by atoms with Gasteiger partial charge in [-0.05, 0) is 25.1 Å². The Hall–Kier alpha value is -1.52. The van der Waals surface area contributed by atoms with E-state index < -0.39 is 6.10 Å². The van der Waals surface area contributed by atoms with E-state index in [1.807, 2.05) is 6.07 Å². The van der Waals surface area contributed by atoms with Crippen LogP contribution in [0.3, 0.4) is 0 Å². The summed E-state index contributed by atoms with van der Waals surface area (Å²) in [4.78, 5) is 14.7. The third-order valence-corrected chi connectivity index (χ3v) is 2.62. The number of benzene rings is 1. The van der Waals surface area contributed by atoms with E-state index in [0.717, 1.165) is 10.9 Å². The molecule has 17 heavy (non-hydrogen) atoms. The summed E-state index contributed by atoms with van der Waals surface area (Å²) in [6.45, 7) is 1.85. The molecular weight excluding hydrogens is 240 g/mol. The standard InChI is InChI=1S/C12H13ClN2O2/c1-7(16)6-14-12(17)11-4-8-2-3-9(13)5-10(8)15-11/h2-5,7,15-16H,6H2,1H3,(H,14,17). The topological polar surface area (TPSA) is 65.1 Å². The second-order valence-corrected chi connectivity index (χ2v) is 4.41. The average molecular weight is 253 g/mol. The zero-order valence-electron chi connectivity index (χ0n) is 9.33. The van der Waals surface area contributed by atoms with E-state index in [4.69, 9.17) is 16.7 Å². The highest BCUT2D eigenvalue weighted by Crippen LogP contribution is 2.19. The number of halogens is 1. The molecule has 1 amide bonds. The van der Waals surface area contributed by atoms with Crippen LogP contribution in [0.1, 0.15) is 17.4 Å². The summed E-state index contributed by atoms with van der Waals surface area (Å²) in [5.41, 5.74) is 1.28. The molecule has 1 heterocycles. The maximum absolute atomic E-state index is 11.7. The molecule has 1 atom stereocenters. The van der Waals surface area contributed by atoms with Crippen molar-refractivity contribution in [3.63, 3.8) is 0 Å². The molecule has 2 aromatic rings. The lowest BCUT2D eigenvalue weighted by Crippen LogP contribution is -2.30. The fraction of sp³-hybridized carbons (Fsp3) is 0.250. The second kappa shape index (κ2) is 4.77. The van der Waals surface area contributed by atoms with Gasteiger partial charge in [0.15, 0.2) is 0 Å². The zero-order valence-corrected chi connectivity index (χ0v) is 10.1. The van der Waals surface area contributed by atoms with Crippen LogP contribution in [0.4, 0.5) is 0 Å². The van der Waals surface area contributed by atoms with Crippen molar-refractivity contribution in [3.8, 4) is 0 Å². The fourth-order valence-electron chi connectivity index (χ4n) is 1.56. The van der Waals surface area contributed by atoms with Gasteiger partial charge in [0.1, 0.15) is 5.69 Å². The van der Waals surface area contributed by atoms with Crippen LogP contribution in [0.2, 0.25) is 5.02 Å². The largest absolute Gasteiger partial charge is 0.392 e. The van der Waals surface area contributed by atoms with Gasteiger partial charge in [0, 0.05) is 22.5 Å². The van der Waals surface area contributed by atoms with Crippen molar-refractivity contribution in [1.29, 1.82) is 0 Å². The van der Waals surface area contributed by atoms with E-state index in [0.29, 0.717) is 10.7 Å². The summed E-state index contributed by atoms with van der Waals surface area (Å²) in [6, 6.07) is 7.14. The van der Waals surface area contributed by atoms with E-state index in [1.54, 1.807) is 25.1 Å². The number of hydrogen-bond donors (Lipinski definition) is 3. The Morgan fingerprint density at radius 2 is 2.29 bits per heavy atom. The van der Waals surface area contributed by atoms with E-state index in [-0.39, 0.29) is 12.5 Å². The summed E-state index contributed by atoms with van der Waals surface area (Å²) in [6.07, 6.45) is -0.558. The number of aromatic nitrogens is 1. The molecule has 0 radical (unpaired) electrons. The van der Waals surface area contributed by atoms with Gasteiger partial charge in [-0.15, -0.1) is 0 Å². The first-order valence-corrected chi connectivity index (χ1v) is 5.68. The van der Waals surface area contributed by atoms with Gasteiger partial charge in [0.05, 0.1) is 6.10 Å². The first kappa shape index (κ1) is 12.0. The number of amides is 1. The number of hydrogen-bond acceptors (Lipinski definition) is 2. The maximum Gasteiger partial charge on any atom is 0.267 e. The predicted molar refractivity (Wildman–Crippen MR) is 67.3 cm³/mol. The molecule has 0 saturated carbocycles. The van der Waals surface area contributed by atoms with E-state index >= 15 is 0 Å². The molecule has 0 saturated heterocycles. The van der Waals surface area contributed by atoms with Crippen LogP contribution in [0.25, 0.3) is 10.9 Å². The van der Waals surface area contributed by atoms with Gasteiger partial charge in [0.2, 0.25) is 0 Å². The SMILES string of the molecule is CC(O)CNC(=O)c1cc2ccc(Cl)cc2[nH]1. The van der Waals surface area contributed by atoms with Gasteiger partial charge in [-0.2, -0.15) is 0 Å². The molecule has 1 aromatic carbocycles. The Morgan fingerprint density at radius 1 is 1.53 bits per heavy atom. The second-order valence-electron chi connectivity index (χ2n) is 3.97. The van der Waals surface area contributed by atoms with Crippen molar-refractivity contribution < 1.29 is 9.90 Å². The highest BCUT2D eigenvalue weighted by atomic mass is 35.5. The highest BCUT2D eigenvalue weighted by molar-refractivity contribution is 6.31. The third-order valence-electron chi connectivity index (χ3n) is 2.39. The molecule has 0 aliphatic heterocycles. The zero-order chi connectivity index (χ0) is 12.4. The van der Waals surface area contributed by atoms with Crippen molar-refractivity contribution in [2.45, 2.75) is 13.0 Å². The molecule has 4 nitrogen and oxygen atoms in total. The van der Waals surface area contributed by atoms with E-state index in [1.165, 1.54) is 0 Å². The Morgan fingerprint density at radius 3 is 3.00 bits per heavy atom. The number of aliphatic hydroxyl groups is 1. The van der Waals surface area contributed by atoms with Gasteiger partial charge < -0.3 is 15.4 Å². The number of aromatic amines is 1. The quantitative estimate of drug-likeness (QED) is 0.782. The number of fused-ring (bicyclic) bond motifs is 1. The van der Waals surface area contributed by atoms with Gasteiger partial charge in [-0.25, -0.2) is 0 Å². The number of carbonyl (C=O) groups is 1. The molecule has 0 bridgehead atoms. The van der Waals surface area contributed by atoms with Crippen LogP contribution in [0.15, 0.2) is 24.3 Å². The molecule has 3 N–H and O–H groups in total. The van der Waals surface area contributed by atoms with Crippen LogP contribution >= 0.6 is 11.6 Å². The molecule has 0 aliphatic carbocycles. The van der Waals surface area contributed by atoms with Crippen LogP contribution in [0, 0.1) is 0 Å². The van der Waals surface area contributed by atoms with Crippen molar-refractivity contribution in [1.82, 2.24) is 10.3 Å². The Balaban J connectivity index is 2.21. The molecule has 0 spiro atoms. The van der Waals surface area contributed by atoms with Crippen molar-refractivity contribution >= 4 is 28.4 Å². The van der Waals surface area contributed by atoms with Crippen molar-refractivity contribution in [2.75, 3.05) is 6.54 Å². The number of nitrogens with one attached hydrogen (secondary N) is 2. The lowest BCUT2D eigenvalue weighted by atomic mass is 10.2. The number of aliphatic hydroxyl groups excluding tert-OH is 1. The van der Waals surface area contributed by atoms with Crippen molar-refractivity contribution in [2.24, 2.45) is 0 Å². The molecule has 0 fully saturated rings. The molecule has 90 valence electrons. The molecule has 0 aliphatic rings. The molecule has 1 unspecified atom stereocenters. The summed E-state index contributed by atoms with van der Waals surface area (Å²) >= 11 is 5.86. The minimum Gasteiger partial charge on any atom is -0.392 e. The number of carbonyl (C=O) groups excluding carboxylic acids is 1. The summed E-state index contributed by atoms with van der Waals surface area (Å²) < 4.78 is 0. The van der Waals surface area contributed by atoms with Crippen LogP contribution < -0.4 is 5.32 Å².